The average Bonchev–Trinajstić information content (AvgIpc) is 3.14. The Kier molecular flexibility index (Phi) is 63.3. The number of rotatable bonds is 42. The third-order valence-electron chi connectivity index (χ3n) is 10.5. The van der Waals surface area contributed by atoms with Gasteiger partial charge in [0.1, 0.15) is 0 Å². The number of carbonyl (C=O) groups is 3. The van der Waals surface area contributed by atoms with Crippen molar-refractivity contribution < 1.29 is 29.7 Å². The molecule has 0 aromatic carbocycles. The SMILES string of the molecule is CCCCCCCCCCCCCCCC(=O)[O-].CCCCCCCCCCCCCCCC(=O)[O-].CCCCCCCCCCCCCCCC(=O)[O-].[Ga+3]. The van der Waals surface area contributed by atoms with Crippen LogP contribution in [0.4, 0.5) is 0 Å². The van der Waals surface area contributed by atoms with Crippen molar-refractivity contribution in [3.63, 3.8) is 0 Å². The summed E-state index contributed by atoms with van der Waals surface area (Å²) in [7, 11) is 0. The maximum Gasteiger partial charge on any atom is 3.00 e. The molecule has 324 valence electrons. The molecule has 0 saturated heterocycles. The first kappa shape index (κ1) is 60.7. The van der Waals surface area contributed by atoms with Crippen molar-refractivity contribution in [3.05, 3.63) is 0 Å². The van der Waals surface area contributed by atoms with Crippen molar-refractivity contribution >= 4 is 37.7 Å². The normalized spacial score (nSPS) is 10.5. The van der Waals surface area contributed by atoms with Crippen LogP contribution in [0.25, 0.3) is 0 Å². The molecule has 0 saturated carbocycles. The Balaban J connectivity index is -0.000000351. The standard InChI is InChI=1S/3C16H32O2.Ga/c3*1-2-3-4-5-6-7-8-9-10-11-12-13-14-15-16(17)18;/h3*2-15H2,1H3,(H,17,18);/q;;;+3/p-3. The quantitative estimate of drug-likeness (QED) is 0.0446. The van der Waals surface area contributed by atoms with Crippen molar-refractivity contribution in [2.75, 3.05) is 0 Å². The minimum atomic E-state index is -0.905. The van der Waals surface area contributed by atoms with Crippen LogP contribution in [0.5, 0.6) is 0 Å². The summed E-state index contributed by atoms with van der Waals surface area (Å²) < 4.78 is 0. The number of hydrogen-bond donors (Lipinski definition) is 0. The molecule has 0 aromatic rings. The van der Waals surface area contributed by atoms with Gasteiger partial charge < -0.3 is 29.7 Å². The van der Waals surface area contributed by atoms with E-state index in [1.165, 1.54) is 212 Å². The largest absolute Gasteiger partial charge is 3.00 e. The fourth-order valence-corrected chi connectivity index (χ4v) is 6.86. The molecule has 0 N–H and O–H groups in total. The third kappa shape index (κ3) is 71.2. The van der Waals surface area contributed by atoms with Crippen LogP contribution < -0.4 is 15.3 Å². The second-order valence-electron chi connectivity index (χ2n) is 16.1. The summed E-state index contributed by atoms with van der Waals surface area (Å²) in [5, 5.41) is 30.6. The number of carbonyl (C=O) groups excluding carboxylic acids is 3. The van der Waals surface area contributed by atoms with Crippen LogP contribution in [0.15, 0.2) is 0 Å². The Hall–Kier alpha value is -0.954. The van der Waals surface area contributed by atoms with Gasteiger partial charge in [-0.1, -0.05) is 252 Å². The van der Waals surface area contributed by atoms with Crippen molar-refractivity contribution in [1.82, 2.24) is 0 Å². The zero-order chi connectivity index (χ0) is 40.4. The Labute approximate surface area is 356 Å². The van der Waals surface area contributed by atoms with Gasteiger partial charge in [-0.15, -0.1) is 0 Å². The minimum absolute atomic E-state index is 0. The predicted molar refractivity (Wildman–Crippen MR) is 232 cm³/mol. The molecule has 0 atom stereocenters. The first-order chi connectivity index (χ1) is 26.3. The summed E-state index contributed by atoms with van der Waals surface area (Å²) >= 11 is 0. The zero-order valence-electron chi connectivity index (χ0n) is 37.2. The molecule has 0 spiro atoms. The molecule has 55 heavy (non-hydrogen) atoms. The second-order valence-corrected chi connectivity index (χ2v) is 16.1. The molecule has 0 rings (SSSR count). The summed E-state index contributed by atoms with van der Waals surface area (Å²) in [6.45, 7) is 6.77. The summed E-state index contributed by atoms with van der Waals surface area (Å²) in [5.74, 6) is -2.71. The van der Waals surface area contributed by atoms with Crippen LogP contribution in [0.2, 0.25) is 0 Å². The van der Waals surface area contributed by atoms with E-state index in [4.69, 9.17) is 0 Å². The number of unbranched alkanes of at least 4 members (excludes halogenated alkanes) is 36. The molecule has 0 radical (unpaired) electrons. The molecular weight excluding hydrogens is 742 g/mol. The average molecular weight is 836 g/mol. The molecule has 6 nitrogen and oxygen atoms in total. The fourth-order valence-electron chi connectivity index (χ4n) is 6.86. The smallest absolute Gasteiger partial charge is 0.550 e. The van der Waals surface area contributed by atoms with Gasteiger partial charge in [0, 0.05) is 17.9 Å². The van der Waals surface area contributed by atoms with Crippen LogP contribution in [-0.4, -0.2) is 37.7 Å². The third-order valence-corrected chi connectivity index (χ3v) is 10.5. The van der Waals surface area contributed by atoms with E-state index in [1.807, 2.05) is 0 Å². The molecule has 0 heterocycles. The molecule has 0 aliphatic heterocycles. The fraction of sp³-hybridized carbons (Fsp3) is 0.938. The van der Waals surface area contributed by atoms with Gasteiger partial charge in [-0.2, -0.15) is 0 Å². The van der Waals surface area contributed by atoms with Gasteiger partial charge in [0.2, 0.25) is 0 Å². The van der Waals surface area contributed by atoms with Gasteiger partial charge in [0.05, 0.1) is 0 Å². The van der Waals surface area contributed by atoms with E-state index in [2.05, 4.69) is 20.8 Å². The molecule has 0 fully saturated rings. The van der Waals surface area contributed by atoms with Gasteiger partial charge in [0.15, 0.2) is 0 Å². The number of carboxylic acid groups (broad SMARTS) is 3. The van der Waals surface area contributed by atoms with Crippen molar-refractivity contribution in [3.8, 4) is 0 Å². The summed E-state index contributed by atoms with van der Waals surface area (Å²) in [5.41, 5.74) is 0. The van der Waals surface area contributed by atoms with Gasteiger partial charge in [-0.25, -0.2) is 0 Å². The molecule has 0 aliphatic rings. The van der Waals surface area contributed by atoms with Gasteiger partial charge in [0.25, 0.3) is 0 Å². The van der Waals surface area contributed by atoms with E-state index in [1.54, 1.807) is 0 Å². The molecule has 0 amide bonds. The van der Waals surface area contributed by atoms with E-state index < -0.39 is 17.9 Å². The first-order valence-corrected chi connectivity index (χ1v) is 23.9. The van der Waals surface area contributed by atoms with Crippen LogP contribution in [0.1, 0.15) is 290 Å². The topological polar surface area (TPSA) is 120 Å². The molecule has 0 aromatic heterocycles. The van der Waals surface area contributed by atoms with E-state index in [0.717, 1.165) is 38.5 Å². The molecule has 0 bridgehead atoms. The van der Waals surface area contributed by atoms with Crippen molar-refractivity contribution in [1.29, 1.82) is 0 Å². The summed E-state index contributed by atoms with van der Waals surface area (Å²) in [4.78, 5) is 30.6. The van der Waals surface area contributed by atoms with Gasteiger partial charge in [-0.3, -0.25) is 0 Å². The first-order valence-electron chi connectivity index (χ1n) is 23.9. The van der Waals surface area contributed by atoms with Crippen LogP contribution in [0.3, 0.4) is 0 Å². The Morgan fingerprint density at radius 3 is 0.455 bits per heavy atom. The van der Waals surface area contributed by atoms with Crippen molar-refractivity contribution in [2.24, 2.45) is 0 Å². The Morgan fingerprint density at radius 1 is 0.236 bits per heavy atom. The number of hydrogen-bond acceptors (Lipinski definition) is 6. The Morgan fingerprint density at radius 2 is 0.345 bits per heavy atom. The predicted octanol–water partition coefficient (Wildman–Crippen LogP) is 12.3. The van der Waals surface area contributed by atoms with E-state index >= 15 is 0 Å². The van der Waals surface area contributed by atoms with Gasteiger partial charge >= 0.3 is 19.8 Å². The molecule has 7 heteroatoms. The van der Waals surface area contributed by atoms with Crippen LogP contribution >= 0.6 is 0 Å². The van der Waals surface area contributed by atoms with Gasteiger partial charge in [-0.05, 0) is 38.5 Å². The molecule has 0 unspecified atom stereocenters. The van der Waals surface area contributed by atoms with E-state index in [0.29, 0.717) is 0 Å². The van der Waals surface area contributed by atoms with Crippen molar-refractivity contribution in [2.45, 2.75) is 290 Å². The Bertz CT molecular complexity index is 636. The summed E-state index contributed by atoms with van der Waals surface area (Å²) in [6, 6.07) is 0. The maximum absolute atomic E-state index is 10.2. The molecule has 0 aliphatic carbocycles. The zero-order valence-corrected chi connectivity index (χ0v) is 39.6. The maximum atomic E-state index is 10.2. The van der Waals surface area contributed by atoms with Crippen LogP contribution in [-0.2, 0) is 14.4 Å². The minimum Gasteiger partial charge on any atom is -0.550 e. The van der Waals surface area contributed by atoms with Crippen LogP contribution in [0, 0.1) is 0 Å². The molecular formula is C48H93GaO6. The van der Waals surface area contributed by atoms with E-state index in [9.17, 15) is 29.7 Å². The number of aliphatic carboxylic acids is 3. The number of carboxylic acids is 3. The monoisotopic (exact) mass is 835 g/mol. The second kappa shape index (κ2) is 57.4. The summed E-state index contributed by atoms with van der Waals surface area (Å²) in [6.07, 6.45) is 50.8. The van der Waals surface area contributed by atoms with E-state index in [-0.39, 0.29) is 39.1 Å².